The average Bonchev–Trinajstić information content (AvgIpc) is 2.89. The summed E-state index contributed by atoms with van der Waals surface area (Å²) in [5.41, 5.74) is 1.89. The van der Waals surface area contributed by atoms with Crippen molar-refractivity contribution in [2.24, 2.45) is 0 Å². The lowest BCUT2D eigenvalue weighted by Gasteiger charge is -2.35. The lowest BCUT2D eigenvalue weighted by Crippen LogP contribution is -2.52. The van der Waals surface area contributed by atoms with E-state index in [4.69, 9.17) is 4.74 Å². The number of aromatic nitrogens is 2. The van der Waals surface area contributed by atoms with E-state index in [1.165, 1.54) is 6.92 Å². The molecule has 0 N–H and O–H groups in total. The summed E-state index contributed by atoms with van der Waals surface area (Å²) in [6, 6.07) is 1.94. The second-order valence-corrected chi connectivity index (χ2v) is 6.36. The fourth-order valence-corrected chi connectivity index (χ4v) is 2.90. The number of piperazine rings is 1. The maximum Gasteiger partial charge on any atom is 0.308 e. The normalized spacial score (nSPS) is 15.8. The molecule has 0 aliphatic carbocycles. The maximum absolute atomic E-state index is 12.4. The van der Waals surface area contributed by atoms with Gasteiger partial charge in [-0.1, -0.05) is 0 Å². The number of nitrogens with zero attached hydrogens (tertiary/aromatic N) is 4. The monoisotopic (exact) mass is 350 g/mol. The molecule has 138 valence electrons. The van der Waals surface area contributed by atoms with E-state index < -0.39 is 12.1 Å². The summed E-state index contributed by atoms with van der Waals surface area (Å²) < 4.78 is 7.01. The summed E-state index contributed by atoms with van der Waals surface area (Å²) in [5.74, 6) is -0.630. The zero-order chi connectivity index (χ0) is 18.6. The molecule has 8 heteroatoms. The minimum atomic E-state index is -0.822. The van der Waals surface area contributed by atoms with E-state index in [9.17, 15) is 14.4 Å². The zero-order valence-corrected chi connectivity index (χ0v) is 15.3. The second-order valence-electron chi connectivity index (χ2n) is 6.36. The Kier molecular flexibility index (Phi) is 6.17. The highest BCUT2D eigenvalue weighted by Crippen LogP contribution is 2.08. The Morgan fingerprint density at radius 2 is 1.76 bits per heavy atom. The molecule has 1 saturated heterocycles. The van der Waals surface area contributed by atoms with Crippen molar-refractivity contribution in [2.75, 3.05) is 26.2 Å². The molecule has 0 aromatic carbocycles. The molecule has 0 spiro atoms. The summed E-state index contributed by atoms with van der Waals surface area (Å²) in [6.07, 6.45) is -0.658. The number of hydrogen-bond acceptors (Lipinski definition) is 5. The number of hydrogen-bond donors (Lipinski definition) is 0. The van der Waals surface area contributed by atoms with Crippen LogP contribution in [0.4, 0.5) is 0 Å². The third kappa shape index (κ3) is 5.04. The molecule has 1 atom stereocenters. The quantitative estimate of drug-likeness (QED) is 0.723. The summed E-state index contributed by atoms with van der Waals surface area (Å²) in [7, 11) is 0. The Labute approximate surface area is 147 Å². The van der Waals surface area contributed by atoms with E-state index in [2.05, 4.69) is 5.10 Å². The lowest BCUT2D eigenvalue weighted by molar-refractivity contribution is -0.160. The Morgan fingerprint density at radius 1 is 1.16 bits per heavy atom. The van der Waals surface area contributed by atoms with Crippen molar-refractivity contribution >= 4 is 17.8 Å². The second kappa shape index (κ2) is 8.13. The van der Waals surface area contributed by atoms with Crippen LogP contribution in [0, 0.1) is 13.8 Å². The van der Waals surface area contributed by atoms with Crippen molar-refractivity contribution < 1.29 is 19.1 Å². The smallest absolute Gasteiger partial charge is 0.308 e. The van der Waals surface area contributed by atoms with Gasteiger partial charge in [0.15, 0.2) is 6.10 Å². The molecule has 8 nitrogen and oxygen atoms in total. The SMILES string of the molecule is CC(=O)N1CCN(C(=O)C(C)OC(=O)CCn2nc(C)cc2C)CC1. The van der Waals surface area contributed by atoms with Crippen LogP contribution in [-0.2, 0) is 25.7 Å². The molecule has 2 rings (SSSR count). The zero-order valence-electron chi connectivity index (χ0n) is 15.3. The van der Waals surface area contributed by atoms with Gasteiger partial charge >= 0.3 is 5.97 Å². The largest absolute Gasteiger partial charge is 0.452 e. The highest BCUT2D eigenvalue weighted by Gasteiger charge is 2.27. The molecular weight excluding hydrogens is 324 g/mol. The Bertz CT molecular complexity index is 647. The Morgan fingerprint density at radius 3 is 2.28 bits per heavy atom. The van der Waals surface area contributed by atoms with Gasteiger partial charge in [-0.2, -0.15) is 5.10 Å². The molecule has 1 aromatic rings. The van der Waals surface area contributed by atoms with E-state index in [0.717, 1.165) is 11.4 Å². The van der Waals surface area contributed by atoms with Crippen LogP contribution in [0.2, 0.25) is 0 Å². The maximum atomic E-state index is 12.4. The van der Waals surface area contributed by atoms with Crippen molar-refractivity contribution in [1.82, 2.24) is 19.6 Å². The lowest BCUT2D eigenvalue weighted by atomic mass is 10.2. The van der Waals surface area contributed by atoms with Gasteiger partial charge in [0.05, 0.1) is 18.7 Å². The molecule has 25 heavy (non-hydrogen) atoms. The first kappa shape index (κ1) is 19.0. The number of esters is 1. The fourth-order valence-electron chi connectivity index (χ4n) is 2.90. The van der Waals surface area contributed by atoms with Crippen LogP contribution in [-0.4, -0.2) is 69.6 Å². The van der Waals surface area contributed by atoms with Gasteiger partial charge in [0.2, 0.25) is 5.91 Å². The first-order chi connectivity index (χ1) is 11.8. The summed E-state index contributed by atoms with van der Waals surface area (Å²) in [5, 5.41) is 4.29. The highest BCUT2D eigenvalue weighted by molar-refractivity contribution is 5.83. The van der Waals surface area contributed by atoms with Gasteiger partial charge in [0.1, 0.15) is 0 Å². The predicted molar refractivity (Wildman–Crippen MR) is 90.7 cm³/mol. The third-order valence-corrected chi connectivity index (χ3v) is 4.32. The standard InChI is InChI=1S/C17H26N4O4/c1-12-11-13(2)21(18-12)6-5-16(23)25-14(3)17(24)20-9-7-19(8-10-20)15(4)22/h11,14H,5-10H2,1-4H3. The number of rotatable bonds is 5. The molecule has 0 radical (unpaired) electrons. The van der Waals surface area contributed by atoms with Crippen molar-refractivity contribution in [3.8, 4) is 0 Å². The first-order valence-corrected chi connectivity index (χ1v) is 8.52. The van der Waals surface area contributed by atoms with Gasteiger partial charge in [0.25, 0.3) is 5.91 Å². The van der Waals surface area contributed by atoms with Crippen molar-refractivity contribution in [3.05, 3.63) is 17.5 Å². The summed E-state index contributed by atoms with van der Waals surface area (Å²) in [6.45, 7) is 9.31. The van der Waals surface area contributed by atoms with E-state index >= 15 is 0 Å². The van der Waals surface area contributed by atoms with Gasteiger partial charge in [-0.3, -0.25) is 19.1 Å². The number of carbonyl (C=O) groups is 3. The fraction of sp³-hybridized carbons (Fsp3) is 0.647. The highest BCUT2D eigenvalue weighted by atomic mass is 16.5. The molecule has 0 bridgehead atoms. The van der Waals surface area contributed by atoms with E-state index in [0.29, 0.717) is 32.7 Å². The van der Waals surface area contributed by atoms with Crippen LogP contribution in [0.15, 0.2) is 6.07 Å². The molecule has 1 unspecified atom stereocenters. The molecule has 1 aromatic heterocycles. The van der Waals surface area contributed by atoms with Crippen molar-refractivity contribution in [3.63, 3.8) is 0 Å². The van der Waals surface area contributed by atoms with Crippen LogP contribution in [0.1, 0.15) is 31.7 Å². The molecule has 2 amide bonds. The first-order valence-electron chi connectivity index (χ1n) is 8.52. The minimum absolute atomic E-state index is 0.00993. The van der Waals surface area contributed by atoms with Gasteiger partial charge in [-0.25, -0.2) is 0 Å². The van der Waals surface area contributed by atoms with E-state index in [1.54, 1.807) is 21.4 Å². The van der Waals surface area contributed by atoms with Gasteiger partial charge in [-0.15, -0.1) is 0 Å². The van der Waals surface area contributed by atoms with Crippen molar-refractivity contribution in [1.29, 1.82) is 0 Å². The predicted octanol–water partition coefficient (Wildman–Crippen LogP) is 0.512. The average molecular weight is 350 g/mol. The molecule has 0 saturated carbocycles. The molecule has 1 fully saturated rings. The Hall–Kier alpha value is -2.38. The molecule has 1 aliphatic heterocycles. The van der Waals surface area contributed by atoms with Gasteiger partial charge < -0.3 is 14.5 Å². The Balaban J connectivity index is 1.77. The summed E-state index contributed by atoms with van der Waals surface area (Å²) >= 11 is 0. The third-order valence-electron chi connectivity index (χ3n) is 4.32. The topological polar surface area (TPSA) is 84.7 Å². The number of amides is 2. The number of carbonyl (C=O) groups excluding carboxylic acids is 3. The van der Waals surface area contributed by atoms with Crippen LogP contribution in [0.25, 0.3) is 0 Å². The van der Waals surface area contributed by atoms with Crippen LogP contribution in [0.3, 0.4) is 0 Å². The van der Waals surface area contributed by atoms with Gasteiger partial charge in [-0.05, 0) is 26.8 Å². The molecule has 1 aliphatic rings. The number of aryl methyl sites for hydroxylation is 3. The summed E-state index contributed by atoms with van der Waals surface area (Å²) in [4.78, 5) is 39.0. The molecular formula is C17H26N4O4. The van der Waals surface area contributed by atoms with Gasteiger partial charge in [0, 0.05) is 38.8 Å². The number of ether oxygens (including phenoxy) is 1. The van der Waals surface area contributed by atoms with Crippen LogP contribution >= 0.6 is 0 Å². The van der Waals surface area contributed by atoms with E-state index in [-0.39, 0.29) is 18.2 Å². The van der Waals surface area contributed by atoms with Crippen LogP contribution < -0.4 is 0 Å². The minimum Gasteiger partial charge on any atom is -0.452 e. The van der Waals surface area contributed by atoms with E-state index in [1.807, 2.05) is 19.9 Å². The van der Waals surface area contributed by atoms with Crippen LogP contribution in [0.5, 0.6) is 0 Å². The molecule has 2 heterocycles. The van der Waals surface area contributed by atoms with Crippen molar-refractivity contribution in [2.45, 2.75) is 46.8 Å².